The first-order valence-electron chi connectivity index (χ1n) is 8.72. The summed E-state index contributed by atoms with van der Waals surface area (Å²) in [6.07, 6.45) is 6.38. The van der Waals surface area contributed by atoms with Gasteiger partial charge in [-0.05, 0) is 37.1 Å². The molecule has 1 aromatic heterocycles. The summed E-state index contributed by atoms with van der Waals surface area (Å²) in [5.41, 5.74) is 0.826. The Bertz CT molecular complexity index is 695. The number of carbonyl (C=O) groups excluding carboxylic acids is 1. The lowest BCUT2D eigenvalue weighted by molar-refractivity contribution is 0.200. The lowest BCUT2D eigenvalue weighted by atomic mass is 9.96. The minimum atomic E-state index is -0.0340. The number of hydrogen-bond acceptors (Lipinski definition) is 4. The minimum absolute atomic E-state index is 0.0340. The molecule has 0 atom stereocenters. The number of halogens is 1. The molecule has 3 rings (SSSR count). The fourth-order valence-electron chi connectivity index (χ4n) is 2.97. The lowest BCUT2D eigenvalue weighted by Gasteiger charge is -2.26. The molecule has 0 saturated heterocycles. The third kappa shape index (κ3) is 4.95. The van der Waals surface area contributed by atoms with E-state index in [1.165, 1.54) is 19.3 Å². The summed E-state index contributed by atoms with van der Waals surface area (Å²) in [6.45, 7) is 0.540. The molecular formula is C18H23ClN4O2. The number of nitrogens with zero attached hydrogens (tertiary/aromatic N) is 3. The van der Waals surface area contributed by atoms with Crippen LogP contribution in [-0.4, -0.2) is 40.7 Å². The van der Waals surface area contributed by atoms with Crippen LogP contribution < -0.4 is 5.32 Å². The van der Waals surface area contributed by atoms with Gasteiger partial charge in [0.1, 0.15) is 0 Å². The molecule has 1 saturated carbocycles. The Morgan fingerprint density at radius 2 is 2.00 bits per heavy atom. The number of likely N-dealkylation sites (N-methyl/N-ethyl adjacent to an activating group) is 1. The van der Waals surface area contributed by atoms with Crippen LogP contribution in [0, 0.1) is 0 Å². The number of hydrogen-bond donors (Lipinski definition) is 1. The van der Waals surface area contributed by atoms with Gasteiger partial charge >= 0.3 is 6.03 Å². The Hall–Kier alpha value is -2.08. The highest BCUT2D eigenvalue weighted by molar-refractivity contribution is 6.30. The van der Waals surface area contributed by atoms with Crippen LogP contribution in [0.4, 0.5) is 4.79 Å². The second-order valence-corrected chi connectivity index (χ2v) is 6.92. The van der Waals surface area contributed by atoms with Crippen LogP contribution >= 0.6 is 11.6 Å². The van der Waals surface area contributed by atoms with Gasteiger partial charge in [-0.3, -0.25) is 0 Å². The highest BCUT2D eigenvalue weighted by atomic mass is 35.5. The van der Waals surface area contributed by atoms with Gasteiger partial charge in [0, 0.05) is 36.6 Å². The van der Waals surface area contributed by atoms with E-state index in [1.54, 1.807) is 24.1 Å². The lowest BCUT2D eigenvalue weighted by Crippen LogP contribution is -2.44. The zero-order valence-electron chi connectivity index (χ0n) is 14.4. The van der Waals surface area contributed by atoms with E-state index in [9.17, 15) is 4.79 Å². The van der Waals surface area contributed by atoms with Gasteiger partial charge in [-0.2, -0.15) is 4.98 Å². The summed E-state index contributed by atoms with van der Waals surface area (Å²) in [5, 5.41) is 7.75. The molecule has 0 spiro atoms. The summed E-state index contributed by atoms with van der Waals surface area (Å²) >= 11 is 5.88. The highest BCUT2D eigenvalue weighted by Crippen LogP contribution is 2.20. The van der Waals surface area contributed by atoms with E-state index in [-0.39, 0.29) is 6.03 Å². The molecule has 2 aromatic rings. The largest absolute Gasteiger partial charge is 0.335 e. The molecule has 2 amide bonds. The standard InChI is InChI=1S/C18H23ClN4O2/c1-23(18(24)20-15-5-3-2-4-6-15)12-11-16-21-17(25-22-16)13-7-9-14(19)10-8-13/h7-10,15H,2-6,11-12H2,1H3,(H,20,24). The second-order valence-electron chi connectivity index (χ2n) is 6.48. The smallest absolute Gasteiger partial charge is 0.317 e. The van der Waals surface area contributed by atoms with Gasteiger partial charge in [0.15, 0.2) is 5.82 Å². The molecule has 0 aliphatic heterocycles. The minimum Gasteiger partial charge on any atom is -0.335 e. The van der Waals surface area contributed by atoms with Crippen molar-refractivity contribution in [2.24, 2.45) is 0 Å². The van der Waals surface area contributed by atoms with Crippen molar-refractivity contribution in [1.29, 1.82) is 0 Å². The molecule has 1 aliphatic carbocycles. The van der Waals surface area contributed by atoms with Gasteiger partial charge in [0.05, 0.1) is 0 Å². The van der Waals surface area contributed by atoms with Gasteiger partial charge in [-0.1, -0.05) is 36.0 Å². The van der Waals surface area contributed by atoms with Crippen molar-refractivity contribution < 1.29 is 9.32 Å². The van der Waals surface area contributed by atoms with Gasteiger partial charge in [-0.25, -0.2) is 4.79 Å². The van der Waals surface area contributed by atoms with Gasteiger partial charge in [0.2, 0.25) is 0 Å². The van der Waals surface area contributed by atoms with E-state index in [0.717, 1.165) is 18.4 Å². The summed E-state index contributed by atoms with van der Waals surface area (Å²) in [4.78, 5) is 18.3. The number of nitrogens with one attached hydrogen (secondary N) is 1. The first kappa shape index (κ1) is 17.7. The summed E-state index contributed by atoms with van der Waals surface area (Å²) in [7, 11) is 1.79. The van der Waals surface area contributed by atoms with E-state index >= 15 is 0 Å². The number of carbonyl (C=O) groups is 1. The maximum atomic E-state index is 12.2. The Labute approximate surface area is 152 Å². The topological polar surface area (TPSA) is 71.3 Å². The SMILES string of the molecule is CN(CCc1noc(-c2ccc(Cl)cc2)n1)C(=O)NC1CCCCC1. The normalized spacial score (nSPS) is 15.1. The Kier molecular flexibility index (Phi) is 5.91. The first-order chi connectivity index (χ1) is 12.1. The fourth-order valence-corrected chi connectivity index (χ4v) is 3.09. The van der Waals surface area contributed by atoms with Crippen LogP contribution in [0.15, 0.2) is 28.8 Å². The maximum Gasteiger partial charge on any atom is 0.317 e. The maximum absolute atomic E-state index is 12.2. The van der Waals surface area contributed by atoms with Crippen LogP contribution in [0.1, 0.15) is 37.9 Å². The van der Waals surface area contributed by atoms with Gasteiger partial charge in [-0.15, -0.1) is 0 Å². The van der Waals surface area contributed by atoms with E-state index in [4.69, 9.17) is 16.1 Å². The summed E-state index contributed by atoms with van der Waals surface area (Å²) in [6, 6.07) is 7.51. The number of aromatic nitrogens is 2. The molecule has 0 radical (unpaired) electrons. The van der Waals surface area contributed by atoms with Crippen LogP contribution in [-0.2, 0) is 6.42 Å². The predicted octanol–water partition coefficient (Wildman–Crippen LogP) is 3.91. The molecule has 7 heteroatoms. The fraction of sp³-hybridized carbons (Fsp3) is 0.500. The molecule has 1 N–H and O–H groups in total. The van der Waals surface area contributed by atoms with Crippen molar-refractivity contribution in [3.63, 3.8) is 0 Å². The van der Waals surface area contributed by atoms with Gasteiger partial charge in [0.25, 0.3) is 5.89 Å². The van der Waals surface area contributed by atoms with E-state index < -0.39 is 0 Å². The van der Waals surface area contributed by atoms with Crippen molar-refractivity contribution >= 4 is 17.6 Å². The van der Waals surface area contributed by atoms with Crippen LogP contribution in [0.3, 0.4) is 0 Å². The van der Waals surface area contributed by atoms with E-state index in [2.05, 4.69) is 15.5 Å². The third-order valence-corrected chi connectivity index (χ3v) is 4.76. The van der Waals surface area contributed by atoms with E-state index in [1.807, 2.05) is 12.1 Å². The molecule has 1 aromatic carbocycles. The van der Waals surface area contributed by atoms with Crippen molar-refractivity contribution in [2.75, 3.05) is 13.6 Å². The average Bonchev–Trinajstić information content (AvgIpc) is 3.10. The quantitative estimate of drug-likeness (QED) is 0.875. The Morgan fingerprint density at radius 1 is 1.28 bits per heavy atom. The van der Waals surface area contributed by atoms with Crippen LogP contribution in [0.5, 0.6) is 0 Å². The number of rotatable bonds is 5. The zero-order chi connectivity index (χ0) is 17.6. The molecule has 6 nitrogen and oxygen atoms in total. The van der Waals surface area contributed by atoms with Crippen molar-refractivity contribution in [3.05, 3.63) is 35.1 Å². The summed E-state index contributed by atoms with van der Waals surface area (Å²) in [5.74, 6) is 1.04. The molecule has 0 unspecified atom stereocenters. The highest BCUT2D eigenvalue weighted by Gasteiger charge is 2.18. The van der Waals surface area contributed by atoms with Gasteiger partial charge < -0.3 is 14.7 Å². The average molecular weight is 363 g/mol. The van der Waals surface area contributed by atoms with Crippen molar-refractivity contribution in [2.45, 2.75) is 44.6 Å². The molecule has 0 bridgehead atoms. The monoisotopic (exact) mass is 362 g/mol. The van der Waals surface area contributed by atoms with Crippen LogP contribution in [0.25, 0.3) is 11.5 Å². The third-order valence-electron chi connectivity index (χ3n) is 4.51. The van der Waals surface area contributed by atoms with Crippen molar-refractivity contribution in [1.82, 2.24) is 20.4 Å². The number of amides is 2. The Morgan fingerprint density at radius 3 is 2.72 bits per heavy atom. The zero-order valence-corrected chi connectivity index (χ0v) is 15.1. The molecule has 134 valence electrons. The molecular weight excluding hydrogens is 340 g/mol. The summed E-state index contributed by atoms with van der Waals surface area (Å²) < 4.78 is 5.28. The van der Waals surface area contributed by atoms with Crippen LogP contribution in [0.2, 0.25) is 5.02 Å². The van der Waals surface area contributed by atoms with Crippen molar-refractivity contribution in [3.8, 4) is 11.5 Å². The Balaban J connectivity index is 1.49. The number of benzene rings is 1. The van der Waals surface area contributed by atoms with E-state index in [0.29, 0.717) is 35.7 Å². The second kappa shape index (κ2) is 8.34. The predicted molar refractivity (Wildman–Crippen MR) is 96.5 cm³/mol. The molecule has 1 fully saturated rings. The molecule has 1 heterocycles. The first-order valence-corrected chi connectivity index (χ1v) is 9.10. The molecule has 1 aliphatic rings. The number of urea groups is 1. The molecule has 25 heavy (non-hydrogen) atoms.